The van der Waals surface area contributed by atoms with Crippen LogP contribution in [0.4, 0.5) is 5.82 Å². The van der Waals surface area contributed by atoms with Gasteiger partial charge in [-0.3, -0.25) is 0 Å². The van der Waals surface area contributed by atoms with E-state index in [-0.39, 0.29) is 0 Å². The van der Waals surface area contributed by atoms with Crippen molar-refractivity contribution in [1.29, 1.82) is 5.26 Å². The van der Waals surface area contributed by atoms with Crippen LogP contribution in [0.15, 0.2) is 18.3 Å². The van der Waals surface area contributed by atoms with Crippen molar-refractivity contribution in [3.05, 3.63) is 23.9 Å². The van der Waals surface area contributed by atoms with Crippen LogP contribution in [-0.4, -0.2) is 18.1 Å². The maximum atomic E-state index is 8.72. The molecule has 16 heavy (non-hydrogen) atoms. The first kappa shape index (κ1) is 10.9. The number of pyridine rings is 1. The van der Waals surface area contributed by atoms with Crippen LogP contribution in [0.2, 0.25) is 0 Å². The van der Waals surface area contributed by atoms with Gasteiger partial charge in [0.1, 0.15) is 11.9 Å². The molecule has 1 aromatic heterocycles. The SMILES string of the molecule is CC1(C)CCCN(c2ccc(C#N)cn2)C1. The maximum absolute atomic E-state index is 8.72. The normalized spacial score (nSPS) is 19.2. The molecule has 0 amide bonds. The summed E-state index contributed by atoms with van der Waals surface area (Å²) in [4.78, 5) is 6.65. The number of hydrogen-bond donors (Lipinski definition) is 0. The molecular weight excluding hydrogens is 198 g/mol. The standard InChI is InChI=1S/C13H17N3/c1-13(2)6-3-7-16(10-13)12-5-4-11(8-14)9-15-12/h4-5,9H,3,6-7,10H2,1-2H3. The van der Waals surface area contributed by atoms with Gasteiger partial charge in [0.25, 0.3) is 0 Å². The van der Waals surface area contributed by atoms with Gasteiger partial charge in [-0.15, -0.1) is 0 Å². The van der Waals surface area contributed by atoms with Gasteiger partial charge in [0.05, 0.1) is 5.56 Å². The number of hydrogen-bond acceptors (Lipinski definition) is 3. The van der Waals surface area contributed by atoms with Gasteiger partial charge in [-0.1, -0.05) is 13.8 Å². The van der Waals surface area contributed by atoms with Gasteiger partial charge in [0, 0.05) is 19.3 Å². The molecule has 3 nitrogen and oxygen atoms in total. The molecule has 0 spiro atoms. The van der Waals surface area contributed by atoms with Gasteiger partial charge in [0.15, 0.2) is 0 Å². The Bertz CT molecular complexity index is 400. The third-order valence-corrected chi connectivity index (χ3v) is 3.10. The average molecular weight is 215 g/mol. The Morgan fingerprint density at radius 2 is 2.25 bits per heavy atom. The highest BCUT2D eigenvalue weighted by atomic mass is 15.2. The largest absolute Gasteiger partial charge is 0.356 e. The molecule has 1 aromatic rings. The lowest BCUT2D eigenvalue weighted by Crippen LogP contribution is -2.40. The summed E-state index contributed by atoms with van der Waals surface area (Å²) >= 11 is 0. The summed E-state index contributed by atoms with van der Waals surface area (Å²) in [6.07, 6.45) is 4.14. The van der Waals surface area contributed by atoms with Crippen molar-refractivity contribution in [2.75, 3.05) is 18.0 Å². The van der Waals surface area contributed by atoms with Crippen LogP contribution in [0.25, 0.3) is 0 Å². The van der Waals surface area contributed by atoms with Crippen LogP contribution < -0.4 is 4.90 Å². The summed E-state index contributed by atoms with van der Waals surface area (Å²) in [5.41, 5.74) is 0.994. The molecule has 0 aliphatic carbocycles. The van der Waals surface area contributed by atoms with E-state index in [1.165, 1.54) is 12.8 Å². The van der Waals surface area contributed by atoms with Gasteiger partial charge in [0.2, 0.25) is 0 Å². The number of anilines is 1. The summed E-state index contributed by atoms with van der Waals surface area (Å²) in [5, 5.41) is 8.72. The predicted molar refractivity (Wildman–Crippen MR) is 64.2 cm³/mol. The number of piperidine rings is 1. The quantitative estimate of drug-likeness (QED) is 0.723. The molecular formula is C13H17N3. The van der Waals surface area contributed by atoms with Crippen LogP contribution in [0, 0.1) is 16.7 Å². The maximum Gasteiger partial charge on any atom is 0.128 e. The van der Waals surface area contributed by atoms with Crippen LogP contribution >= 0.6 is 0 Å². The minimum atomic E-state index is 0.369. The molecule has 1 saturated heterocycles. The molecule has 1 aliphatic rings. The molecule has 2 heterocycles. The average Bonchev–Trinajstić information content (AvgIpc) is 2.28. The zero-order valence-electron chi connectivity index (χ0n) is 9.90. The van der Waals surface area contributed by atoms with Crippen molar-refractivity contribution in [3.8, 4) is 6.07 Å². The van der Waals surface area contributed by atoms with Crippen LogP contribution in [0.1, 0.15) is 32.3 Å². The molecule has 84 valence electrons. The zero-order chi connectivity index (χ0) is 11.6. The number of nitrogens with zero attached hydrogens (tertiary/aromatic N) is 3. The second-order valence-electron chi connectivity index (χ2n) is 5.21. The summed E-state index contributed by atoms with van der Waals surface area (Å²) in [6, 6.07) is 5.87. The van der Waals surface area contributed by atoms with Crippen molar-refractivity contribution in [3.63, 3.8) is 0 Å². The Balaban J connectivity index is 2.15. The Morgan fingerprint density at radius 3 is 2.81 bits per heavy atom. The van der Waals surface area contributed by atoms with Crippen molar-refractivity contribution in [1.82, 2.24) is 4.98 Å². The molecule has 0 saturated carbocycles. The fourth-order valence-electron chi connectivity index (χ4n) is 2.26. The van der Waals surface area contributed by atoms with E-state index in [0.717, 1.165) is 18.9 Å². The lowest BCUT2D eigenvalue weighted by atomic mass is 9.84. The molecule has 0 N–H and O–H groups in total. The van der Waals surface area contributed by atoms with Crippen LogP contribution in [0.3, 0.4) is 0 Å². The molecule has 2 rings (SSSR count). The first-order valence-electron chi connectivity index (χ1n) is 5.72. The minimum Gasteiger partial charge on any atom is -0.356 e. The van der Waals surface area contributed by atoms with Crippen LogP contribution in [0.5, 0.6) is 0 Å². The fourth-order valence-corrected chi connectivity index (χ4v) is 2.26. The minimum absolute atomic E-state index is 0.369. The van der Waals surface area contributed by atoms with E-state index >= 15 is 0 Å². The van der Waals surface area contributed by atoms with Crippen molar-refractivity contribution < 1.29 is 0 Å². The third-order valence-electron chi connectivity index (χ3n) is 3.10. The Kier molecular flexibility index (Phi) is 2.82. The summed E-state index contributed by atoms with van der Waals surface area (Å²) in [6.45, 7) is 6.71. The molecule has 1 aliphatic heterocycles. The Morgan fingerprint density at radius 1 is 1.44 bits per heavy atom. The van der Waals surface area contributed by atoms with Gasteiger partial charge in [-0.25, -0.2) is 4.98 Å². The van der Waals surface area contributed by atoms with Crippen molar-refractivity contribution in [2.24, 2.45) is 5.41 Å². The molecule has 3 heteroatoms. The first-order valence-corrected chi connectivity index (χ1v) is 5.72. The Hall–Kier alpha value is -1.56. The highest BCUT2D eigenvalue weighted by Crippen LogP contribution is 2.30. The lowest BCUT2D eigenvalue weighted by molar-refractivity contribution is 0.292. The monoisotopic (exact) mass is 215 g/mol. The molecule has 1 fully saturated rings. The van der Waals surface area contributed by atoms with E-state index in [9.17, 15) is 0 Å². The first-order chi connectivity index (χ1) is 7.61. The third kappa shape index (κ3) is 2.33. The van der Waals surface area contributed by atoms with Gasteiger partial charge in [-0.2, -0.15) is 5.26 Å². The van der Waals surface area contributed by atoms with Gasteiger partial charge < -0.3 is 4.90 Å². The predicted octanol–water partition coefficient (Wildman–Crippen LogP) is 2.58. The Labute approximate surface area is 96.7 Å². The van der Waals surface area contributed by atoms with E-state index in [0.29, 0.717) is 11.0 Å². The second-order valence-corrected chi connectivity index (χ2v) is 5.21. The topological polar surface area (TPSA) is 39.9 Å². The fraction of sp³-hybridized carbons (Fsp3) is 0.538. The van der Waals surface area contributed by atoms with Gasteiger partial charge in [-0.05, 0) is 30.4 Å². The zero-order valence-corrected chi connectivity index (χ0v) is 9.90. The van der Waals surface area contributed by atoms with E-state index in [1.807, 2.05) is 12.1 Å². The molecule has 0 aromatic carbocycles. The highest BCUT2D eigenvalue weighted by molar-refractivity contribution is 5.42. The van der Waals surface area contributed by atoms with Crippen molar-refractivity contribution in [2.45, 2.75) is 26.7 Å². The molecule has 0 atom stereocenters. The highest BCUT2D eigenvalue weighted by Gasteiger charge is 2.26. The number of rotatable bonds is 1. The summed E-state index contributed by atoms with van der Waals surface area (Å²) < 4.78 is 0. The van der Waals surface area contributed by atoms with E-state index in [4.69, 9.17) is 5.26 Å². The van der Waals surface area contributed by atoms with Crippen LogP contribution in [-0.2, 0) is 0 Å². The summed E-state index contributed by atoms with van der Waals surface area (Å²) in [7, 11) is 0. The van der Waals surface area contributed by atoms with E-state index in [2.05, 4.69) is 29.8 Å². The molecule has 0 bridgehead atoms. The number of nitriles is 1. The van der Waals surface area contributed by atoms with E-state index < -0.39 is 0 Å². The molecule has 0 unspecified atom stereocenters. The van der Waals surface area contributed by atoms with E-state index in [1.54, 1.807) is 6.20 Å². The lowest BCUT2D eigenvalue weighted by Gasteiger charge is -2.38. The van der Waals surface area contributed by atoms with Gasteiger partial charge >= 0.3 is 0 Å². The number of aromatic nitrogens is 1. The van der Waals surface area contributed by atoms with Crippen molar-refractivity contribution >= 4 is 5.82 Å². The molecule has 0 radical (unpaired) electrons. The second kappa shape index (κ2) is 4.13. The summed E-state index contributed by atoms with van der Waals surface area (Å²) in [5.74, 6) is 0.992. The smallest absolute Gasteiger partial charge is 0.128 e.